The van der Waals surface area contributed by atoms with Crippen molar-refractivity contribution in [1.82, 2.24) is 4.90 Å². The molecule has 0 bridgehead atoms. The number of rotatable bonds is 5. The van der Waals surface area contributed by atoms with Crippen molar-refractivity contribution in [1.29, 1.82) is 10.8 Å². The topological polar surface area (TPSA) is 60.2 Å². The highest BCUT2D eigenvalue weighted by atomic mass is 16.5. The highest BCUT2D eigenvalue weighted by Crippen LogP contribution is 2.12. The highest BCUT2D eigenvalue weighted by molar-refractivity contribution is 5.89. The van der Waals surface area contributed by atoms with Gasteiger partial charge in [0, 0.05) is 20.1 Å². The molecule has 0 aromatic rings. The zero-order valence-electron chi connectivity index (χ0n) is 11.5. The lowest BCUT2D eigenvalue weighted by Gasteiger charge is -2.29. The standard InChI is InChI=1S/C7H13N3O.C6H14/c1-11-6-2-3-10(5-8)7(9)4-6;1-3-5-6-4-2/h5-6,8-9H,2-4H2,1H3;3-6H2,1-2H3. The summed E-state index contributed by atoms with van der Waals surface area (Å²) < 4.78 is 5.11. The summed E-state index contributed by atoms with van der Waals surface area (Å²) in [6.07, 6.45) is 8.46. The van der Waals surface area contributed by atoms with Crippen molar-refractivity contribution < 1.29 is 4.74 Å². The Morgan fingerprint density at radius 3 is 2.29 bits per heavy atom. The van der Waals surface area contributed by atoms with Crippen molar-refractivity contribution in [3.8, 4) is 0 Å². The molecule has 0 aliphatic carbocycles. The van der Waals surface area contributed by atoms with Crippen molar-refractivity contribution in [2.75, 3.05) is 13.7 Å². The largest absolute Gasteiger partial charge is 0.381 e. The summed E-state index contributed by atoms with van der Waals surface area (Å²) in [6, 6.07) is 0. The molecule has 0 spiro atoms. The fourth-order valence-corrected chi connectivity index (χ4v) is 1.70. The van der Waals surface area contributed by atoms with E-state index < -0.39 is 0 Å². The van der Waals surface area contributed by atoms with Gasteiger partial charge in [0.05, 0.1) is 12.4 Å². The van der Waals surface area contributed by atoms with Crippen LogP contribution in [-0.2, 0) is 4.74 Å². The fourth-order valence-electron chi connectivity index (χ4n) is 1.70. The third-order valence-electron chi connectivity index (χ3n) is 2.91. The summed E-state index contributed by atoms with van der Waals surface area (Å²) in [6.45, 7) is 5.20. The smallest absolute Gasteiger partial charge is 0.104 e. The van der Waals surface area contributed by atoms with Crippen LogP contribution in [-0.4, -0.2) is 36.8 Å². The number of nitrogens with zero attached hydrogens (tertiary/aromatic N) is 1. The second-order valence-electron chi connectivity index (χ2n) is 4.33. The Balaban J connectivity index is 0.000000366. The van der Waals surface area contributed by atoms with Gasteiger partial charge in [0.2, 0.25) is 0 Å². The Hall–Kier alpha value is -0.900. The molecule has 100 valence electrons. The molecule has 2 N–H and O–H groups in total. The number of ether oxygens (including phenoxy) is 1. The van der Waals surface area contributed by atoms with Crippen molar-refractivity contribution in [3.63, 3.8) is 0 Å². The third kappa shape index (κ3) is 7.10. The van der Waals surface area contributed by atoms with E-state index in [0.717, 1.165) is 13.0 Å². The number of hydrogen-bond acceptors (Lipinski definition) is 3. The van der Waals surface area contributed by atoms with Gasteiger partial charge in [-0.3, -0.25) is 10.8 Å². The van der Waals surface area contributed by atoms with Crippen molar-refractivity contribution in [2.24, 2.45) is 0 Å². The molecule has 1 aliphatic rings. The van der Waals surface area contributed by atoms with E-state index in [-0.39, 0.29) is 6.10 Å². The van der Waals surface area contributed by atoms with Gasteiger partial charge < -0.3 is 9.64 Å². The maximum Gasteiger partial charge on any atom is 0.104 e. The molecular formula is C13H27N3O. The summed E-state index contributed by atoms with van der Waals surface area (Å²) in [4.78, 5) is 1.63. The Kier molecular flexibility index (Phi) is 9.72. The normalized spacial score (nSPS) is 19.6. The van der Waals surface area contributed by atoms with Crippen molar-refractivity contribution in [3.05, 3.63) is 0 Å². The first-order chi connectivity index (χ1) is 8.19. The monoisotopic (exact) mass is 241 g/mol. The Labute approximate surface area is 105 Å². The average Bonchev–Trinajstić information content (AvgIpc) is 2.37. The molecule has 0 radical (unpaired) electrons. The van der Waals surface area contributed by atoms with E-state index in [1.54, 1.807) is 12.0 Å². The molecule has 0 aromatic heterocycles. The average molecular weight is 241 g/mol. The van der Waals surface area contributed by atoms with Gasteiger partial charge in [0.25, 0.3) is 0 Å². The van der Waals surface area contributed by atoms with E-state index >= 15 is 0 Å². The summed E-state index contributed by atoms with van der Waals surface area (Å²) in [5.41, 5.74) is 0. The van der Waals surface area contributed by atoms with E-state index in [2.05, 4.69) is 13.8 Å². The minimum Gasteiger partial charge on any atom is -0.381 e. The maximum absolute atomic E-state index is 7.47. The lowest BCUT2D eigenvalue weighted by atomic mass is 10.1. The molecule has 1 heterocycles. The fraction of sp³-hybridized carbons (Fsp3) is 0.846. The van der Waals surface area contributed by atoms with Gasteiger partial charge >= 0.3 is 0 Å². The molecule has 1 aliphatic heterocycles. The number of amidine groups is 1. The van der Waals surface area contributed by atoms with E-state index in [4.69, 9.17) is 15.6 Å². The van der Waals surface area contributed by atoms with E-state index in [1.165, 1.54) is 32.0 Å². The molecule has 0 aromatic carbocycles. The molecule has 1 unspecified atom stereocenters. The SMILES string of the molecule is CCCCCC.COC1CCN(C=N)C(=N)C1. The number of unbranched alkanes of at least 4 members (excludes halogenated alkanes) is 3. The van der Waals surface area contributed by atoms with E-state index in [9.17, 15) is 0 Å². The highest BCUT2D eigenvalue weighted by Gasteiger charge is 2.20. The maximum atomic E-state index is 7.47. The molecule has 4 heteroatoms. The summed E-state index contributed by atoms with van der Waals surface area (Å²) in [5, 5.41) is 14.4. The Bertz CT molecular complexity index is 215. The van der Waals surface area contributed by atoms with Gasteiger partial charge in [-0.25, -0.2) is 0 Å². The predicted octanol–water partition coefficient (Wildman–Crippen LogP) is 3.27. The molecule has 1 rings (SSSR count). The van der Waals surface area contributed by atoms with Gasteiger partial charge in [-0.05, 0) is 6.42 Å². The minimum absolute atomic E-state index is 0.179. The van der Waals surface area contributed by atoms with Crippen LogP contribution >= 0.6 is 0 Å². The first kappa shape index (κ1) is 16.1. The van der Waals surface area contributed by atoms with Crippen LogP contribution in [0.25, 0.3) is 0 Å². The number of likely N-dealkylation sites (tertiary alicyclic amines) is 1. The predicted molar refractivity (Wildman–Crippen MR) is 73.1 cm³/mol. The molecule has 4 nitrogen and oxygen atoms in total. The van der Waals surface area contributed by atoms with E-state index in [1.807, 2.05) is 0 Å². The van der Waals surface area contributed by atoms with Crippen LogP contribution in [0.1, 0.15) is 52.4 Å². The molecular weight excluding hydrogens is 214 g/mol. The zero-order valence-corrected chi connectivity index (χ0v) is 11.5. The summed E-state index contributed by atoms with van der Waals surface area (Å²) >= 11 is 0. The van der Waals surface area contributed by atoms with Gasteiger partial charge in [-0.15, -0.1) is 0 Å². The zero-order chi connectivity index (χ0) is 13.1. The third-order valence-corrected chi connectivity index (χ3v) is 2.91. The lowest BCUT2D eigenvalue weighted by Crippen LogP contribution is -2.39. The molecule has 17 heavy (non-hydrogen) atoms. The second kappa shape index (κ2) is 10.3. The Morgan fingerprint density at radius 1 is 1.35 bits per heavy atom. The lowest BCUT2D eigenvalue weighted by molar-refractivity contribution is 0.0881. The molecule has 1 fully saturated rings. The van der Waals surface area contributed by atoms with Gasteiger partial charge in [0.1, 0.15) is 5.84 Å². The Morgan fingerprint density at radius 2 is 1.94 bits per heavy atom. The van der Waals surface area contributed by atoms with Crippen molar-refractivity contribution in [2.45, 2.75) is 58.5 Å². The van der Waals surface area contributed by atoms with Crippen LogP contribution in [0.2, 0.25) is 0 Å². The quantitative estimate of drug-likeness (QED) is 0.441. The van der Waals surface area contributed by atoms with Gasteiger partial charge in [0.15, 0.2) is 0 Å². The van der Waals surface area contributed by atoms with Crippen LogP contribution in [0.5, 0.6) is 0 Å². The molecule has 1 atom stereocenters. The van der Waals surface area contributed by atoms with Crippen LogP contribution in [0.4, 0.5) is 0 Å². The summed E-state index contributed by atoms with van der Waals surface area (Å²) in [7, 11) is 1.66. The van der Waals surface area contributed by atoms with Crippen molar-refractivity contribution >= 4 is 12.2 Å². The molecule has 0 amide bonds. The second-order valence-corrected chi connectivity index (χ2v) is 4.33. The number of hydrogen-bond donors (Lipinski definition) is 2. The molecule has 0 saturated carbocycles. The minimum atomic E-state index is 0.179. The van der Waals surface area contributed by atoms with Crippen LogP contribution in [0.15, 0.2) is 0 Å². The van der Waals surface area contributed by atoms with Gasteiger partial charge in [-0.2, -0.15) is 0 Å². The van der Waals surface area contributed by atoms with Crippen LogP contribution in [0.3, 0.4) is 0 Å². The van der Waals surface area contributed by atoms with E-state index in [0.29, 0.717) is 12.3 Å². The number of piperidine rings is 1. The first-order valence-electron chi connectivity index (χ1n) is 6.56. The number of methoxy groups -OCH3 is 1. The van der Waals surface area contributed by atoms with Gasteiger partial charge in [-0.1, -0.05) is 39.5 Å². The van der Waals surface area contributed by atoms with Crippen LogP contribution < -0.4 is 0 Å². The van der Waals surface area contributed by atoms with Crippen LogP contribution in [0, 0.1) is 10.8 Å². The first-order valence-corrected chi connectivity index (χ1v) is 6.56. The summed E-state index contributed by atoms with van der Waals surface area (Å²) in [5.74, 6) is 0.484. The molecule has 1 saturated heterocycles. The number of nitrogens with one attached hydrogen (secondary N) is 2.